The molecule has 0 spiro atoms. The van der Waals surface area contributed by atoms with Gasteiger partial charge in [0.15, 0.2) is 0 Å². The number of aliphatic carboxylic acids is 1. The summed E-state index contributed by atoms with van der Waals surface area (Å²) in [6.45, 7) is 0.356. The highest BCUT2D eigenvalue weighted by Crippen LogP contribution is 1.63. The lowest BCUT2D eigenvalue weighted by molar-refractivity contribution is -0.481. The van der Waals surface area contributed by atoms with Crippen LogP contribution < -0.4 is 11.5 Å². The highest BCUT2D eigenvalue weighted by Gasteiger charge is 2.13. The molecular formula is C3H10N2O2+2. The zero-order chi connectivity index (χ0) is 5.86. The maximum absolute atomic E-state index is 9.83. The Bertz CT molecular complexity index is 73.3. The lowest BCUT2D eigenvalue weighted by Crippen LogP contribution is -2.75. The molecule has 0 aromatic heterocycles. The summed E-state index contributed by atoms with van der Waals surface area (Å²) in [5.41, 5.74) is 6.66. The number of carbonyl (C=O) groups is 1. The number of quaternary nitrogens is 2. The van der Waals surface area contributed by atoms with Gasteiger partial charge in [0.25, 0.3) is 0 Å². The maximum Gasteiger partial charge on any atom is 0.368 e. The molecule has 0 heterocycles. The van der Waals surface area contributed by atoms with Crippen molar-refractivity contribution in [1.29, 1.82) is 0 Å². The monoisotopic (exact) mass is 106 g/mol. The Morgan fingerprint density at radius 2 is 2.29 bits per heavy atom. The molecule has 0 aliphatic heterocycles. The van der Waals surface area contributed by atoms with Crippen LogP contribution in [0.5, 0.6) is 0 Å². The molecule has 1 atom stereocenters. The average Bonchev–Trinajstić information content (AvgIpc) is 1.65. The Balaban J connectivity index is 3.34. The minimum Gasteiger partial charge on any atom is -0.477 e. The third-order valence-electron chi connectivity index (χ3n) is 0.698. The van der Waals surface area contributed by atoms with Gasteiger partial charge in [-0.2, -0.15) is 0 Å². The zero-order valence-electron chi connectivity index (χ0n) is 4.05. The molecule has 0 rings (SSSR count). The fraction of sp³-hybridized carbons (Fsp3) is 0.667. The predicted octanol–water partition coefficient (Wildman–Crippen LogP) is -3.08. The van der Waals surface area contributed by atoms with E-state index in [9.17, 15) is 4.79 Å². The Kier molecular flexibility index (Phi) is 2.32. The van der Waals surface area contributed by atoms with Crippen molar-refractivity contribution in [3.63, 3.8) is 0 Å². The van der Waals surface area contributed by atoms with Crippen molar-refractivity contribution in [1.82, 2.24) is 0 Å². The molecule has 4 heteroatoms. The number of carboxylic acids is 1. The lowest BCUT2D eigenvalue weighted by atomic mass is 10.3. The van der Waals surface area contributed by atoms with Crippen LogP contribution in [0, 0.1) is 0 Å². The molecule has 0 radical (unpaired) electrons. The Morgan fingerprint density at radius 3 is 2.29 bits per heavy atom. The van der Waals surface area contributed by atoms with Crippen molar-refractivity contribution in [3.8, 4) is 0 Å². The third-order valence-corrected chi connectivity index (χ3v) is 0.698. The molecule has 0 aromatic rings. The maximum atomic E-state index is 9.83. The molecular weight excluding hydrogens is 96.0 g/mol. The molecule has 0 amide bonds. The molecule has 42 valence electrons. The minimum absolute atomic E-state index is 0.356. The van der Waals surface area contributed by atoms with Crippen LogP contribution in [0.25, 0.3) is 0 Å². The Hall–Kier alpha value is -0.610. The van der Waals surface area contributed by atoms with Crippen LogP contribution in [0.2, 0.25) is 0 Å². The van der Waals surface area contributed by atoms with Gasteiger partial charge in [-0.1, -0.05) is 0 Å². The van der Waals surface area contributed by atoms with Gasteiger partial charge >= 0.3 is 5.97 Å². The van der Waals surface area contributed by atoms with Crippen molar-refractivity contribution in [2.75, 3.05) is 6.54 Å². The van der Waals surface area contributed by atoms with E-state index in [1.165, 1.54) is 0 Å². The standard InChI is InChI=1S/C3H8N2O2/c4-1-2(5)3(6)7/h2H,1,4-5H2,(H,6,7)/p+2/t2-/m1/s1. The smallest absolute Gasteiger partial charge is 0.368 e. The molecule has 0 saturated heterocycles. The van der Waals surface area contributed by atoms with E-state index in [0.717, 1.165) is 0 Å². The van der Waals surface area contributed by atoms with Crippen LogP contribution in [0.1, 0.15) is 0 Å². The number of carboxylic acid groups (broad SMARTS) is 1. The van der Waals surface area contributed by atoms with Gasteiger partial charge in [0.2, 0.25) is 6.04 Å². The van der Waals surface area contributed by atoms with Crippen LogP contribution in [-0.2, 0) is 4.79 Å². The molecule has 0 aliphatic carbocycles. The van der Waals surface area contributed by atoms with E-state index < -0.39 is 12.0 Å². The molecule has 0 saturated carbocycles. The first-order valence-corrected chi connectivity index (χ1v) is 2.03. The van der Waals surface area contributed by atoms with Gasteiger partial charge in [-0.05, 0) is 0 Å². The fourth-order valence-corrected chi connectivity index (χ4v) is 0.123. The van der Waals surface area contributed by atoms with Gasteiger partial charge in [0, 0.05) is 0 Å². The molecule has 0 fully saturated rings. The number of hydrogen-bond donors (Lipinski definition) is 3. The molecule has 0 bridgehead atoms. The summed E-state index contributed by atoms with van der Waals surface area (Å²) in [6.07, 6.45) is 0. The highest BCUT2D eigenvalue weighted by molar-refractivity contribution is 5.71. The number of rotatable bonds is 2. The van der Waals surface area contributed by atoms with Crippen molar-refractivity contribution >= 4 is 5.97 Å². The molecule has 7 N–H and O–H groups in total. The van der Waals surface area contributed by atoms with Crippen LogP contribution in [0.15, 0.2) is 0 Å². The lowest BCUT2D eigenvalue weighted by Gasteiger charge is -1.91. The summed E-state index contributed by atoms with van der Waals surface area (Å²) in [6, 6.07) is -0.542. The second kappa shape index (κ2) is 2.54. The fourth-order valence-electron chi connectivity index (χ4n) is 0.123. The SMILES string of the molecule is [NH3+]C[C@@H]([NH3+])C(=O)O. The van der Waals surface area contributed by atoms with Gasteiger partial charge in [-0.15, -0.1) is 0 Å². The summed E-state index contributed by atoms with van der Waals surface area (Å²) in [7, 11) is 0. The van der Waals surface area contributed by atoms with Crippen LogP contribution in [0.4, 0.5) is 0 Å². The molecule has 0 aromatic carbocycles. The molecule has 7 heavy (non-hydrogen) atoms. The largest absolute Gasteiger partial charge is 0.477 e. The molecule has 0 aliphatic rings. The zero-order valence-corrected chi connectivity index (χ0v) is 4.05. The van der Waals surface area contributed by atoms with Crippen molar-refractivity contribution in [2.24, 2.45) is 0 Å². The second-order valence-electron chi connectivity index (χ2n) is 1.32. The Labute approximate surface area is 41.1 Å². The number of hydrogen-bond acceptors (Lipinski definition) is 1. The molecule has 0 unspecified atom stereocenters. The van der Waals surface area contributed by atoms with E-state index >= 15 is 0 Å². The van der Waals surface area contributed by atoms with Crippen LogP contribution >= 0.6 is 0 Å². The van der Waals surface area contributed by atoms with E-state index in [1.54, 1.807) is 0 Å². The topological polar surface area (TPSA) is 92.6 Å². The Morgan fingerprint density at radius 1 is 1.86 bits per heavy atom. The summed E-state index contributed by atoms with van der Waals surface area (Å²) >= 11 is 0. The van der Waals surface area contributed by atoms with Crippen molar-refractivity contribution in [2.45, 2.75) is 6.04 Å². The van der Waals surface area contributed by atoms with E-state index in [0.29, 0.717) is 6.54 Å². The summed E-state index contributed by atoms with van der Waals surface area (Å²) in [5.74, 6) is -0.880. The van der Waals surface area contributed by atoms with Crippen LogP contribution in [-0.4, -0.2) is 23.7 Å². The van der Waals surface area contributed by atoms with Crippen molar-refractivity contribution in [3.05, 3.63) is 0 Å². The first-order chi connectivity index (χ1) is 3.18. The first kappa shape index (κ1) is 6.39. The van der Waals surface area contributed by atoms with E-state index in [-0.39, 0.29) is 0 Å². The quantitative estimate of drug-likeness (QED) is 0.348. The van der Waals surface area contributed by atoms with Crippen LogP contribution in [0.3, 0.4) is 0 Å². The normalized spacial score (nSPS) is 13.4. The van der Waals surface area contributed by atoms with Gasteiger partial charge in [-0.3, -0.25) is 0 Å². The predicted molar refractivity (Wildman–Crippen MR) is 22.1 cm³/mol. The van der Waals surface area contributed by atoms with Gasteiger partial charge in [-0.25, -0.2) is 4.79 Å². The molecule has 4 nitrogen and oxygen atoms in total. The third kappa shape index (κ3) is 2.13. The van der Waals surface area contributed by atoms with E-state index in [4.69, 9.17) is 5.11 Å². The summed E-state index contributed by atoms with van der Waals surface area (Å²) < 4.78 is 0. The van der Waals surface area contributed by atoms with Crippen molar-refractivity contribution < 1.29 is 21.4 Å². The average molecular weight is 106 g/mol. The minimum atomic E-state index is -0.880. The first-order valence-electron chi connectivity index (χ1n) is 2.03. The highest BCUT2D eigenvalue weighted by atomic mass is 16.4. The van der Waals surface area contributed by atoms with Gasteiger partial charge in [0.05, 0.1) is 0 Å². The summed E-state index contributed by atoms with van der Waals surface area (Å²) in [5, 5.41) is 8.08. The second-order valence-corrected chi connectivity index (χ2v) is 1.32. The van der Waals surface area contributed by atoms with Gasteiger partial charge < -0.3 is 16.6 Å². The summed E-state index contributed by atoms with van der Waals surface area (Å²) in [4.78, 5) is 9.83. The van der Waals surface area contributed by atoms with E-state index in [2.05, 4.69) is 11.5 Å². The van der Waals surface area contributed by atoms with Gasteiger partial charge in [0.1, 0.15) is 6.54 Å². The van der Waals surface area contributed by atoms with E-state index in [1.807, 2.05) is 0 Å².